The third kappa shape index (κ3) is 5.11. The number of carbonyl (C=O) groups excluding carboxylic acids is 3. The van der Waals surface area contributed by atoms with Crippen LogP contribution in [0.1, 0.15) is 37.0 Å². The Balaban J connectivity index is 1.37. The zero-order valence-electron chi connectivity index (χ0n) is 21.7. The molecular weight excluding hydrogens is 520 g/mol. The molecule has 2 aliphatic heterocycles. The highest BCUT2D eigenvalue weighted by molar-refractivity contribution is 7.89. The summed E-state index contributed by atoms with van der Waals surface area (Å²) < 4.78 is 28.1. The van der Waals surface area contributed by atoms with E-state index in [9.17, 15) is 28.0 Å². The van der Waals surface area contributed by atoms with Gasteiger partial charge in [-0.05, 0) is 47.7 Å². The summed E-state index contributed by atoms with van der Waals surface area (Å²) in [6.07, 6.45) is 2.76. The zero-order chi connectivity index (χ0) is 27.9. The van der Waals surface area contributed by atoms with Crippen molar-refractivity contribution in [3.63, 3.8) is 0 Å². The molecule has 2 aliphatic rings. The lowest BCUT2D eigenvalue weighted by Gasteiger charge is -2.29. The van der Waals surface area contributed by atoms with E-state index < -0.39 is 40.0 Å². The molecule has 2 aromatic carbocycles. The summed E-state index contributed by atoms with van der Waals surface area (Å²) in [5.41, 5.74) is 0.419. The number of likely N-dealkylation sites (tertiary alicyclic amines) is 1. The van der Waals surface area contributed by atoms with Crippen LogP contribution in [0.5, 0.6) is 0 Å². The Hall–Kier alpha value is -3.83. The summed E-state index contributed by atoms with van der Waals surface area (Å²) in [6, 6.07) is 13.1. The Bertz CT molecular complexity index is 1560. The van der Waals surface area contributed by atoms with Crippen LogP contribution in [-0.4, -0.2) is 66.4 Å². The van der Waals surface area contributed by atoms with Gasteiger partial charge in [0.2, 0.25) is 15.9 Å². The Morgan fingerprint density at radius 1 is 1.10 bits per heavy atom. The normalized spacial score (nSPS) is 20.4. The summed E-state index contributed by atoms with van der Waals surface area (Å²) in [5.74, 6) is -1.12. The Kier molecular flexibility index (Phi) is 7.13. The van der Waals surface area contributed by atoms with E-state index in [4.69, 9.17) is 0 Å². The minimum absolute atomic E-state index is 0.0716. The Morgan fingerprint density at radius 3 is 2.56 bits per heavy atom. The molecule has 0 aliphatic carbocycles. The van der Waals surface area contributed by atoms with Gasteiger partial charge < -0.3 is 15.4 Å². The number of pyridine rings is 1. The zero-order valence-corrected chi connectivity index (χ0v) is 22.5. The van der Waals surface area contributed by atoms with E-state index in [0.29, 0.717) is 16.7 Å². The molecule has 0 spiro atoms. The fraction of sp³-hybridized carbons (Fsp3) is 0.357. The van der Waals surface area contributed by atoms with Crippen LogP contribution in [0.3, 0.4) is 0 Å². The molecule has 5 rings (SSSR count). The minimum atomic E-state index is -4.13. The Morgan fingerprint density at radius 2 is 1.85 bits per heavy atom. The van der Waals surface area contributed by atoms with Gasteiger partial charge in [-0.1, -0.05) is 44.2 Å². The highest BCUT2D eigenvalue weighted by atomic mass is 32.2. The van der Waals surface area contributed by atoms with Crippen LogP contribution in [0.4, 0.5) is 0 Å². The number of carbonyl (C=O) groups is 3. The second-order valence-electron chi connectivity index (χ2n) is 10.5. The average Bonchev–Trinajstić information content (AvgIpc) is 3.48. The molecule has 204 valence electrons. The van der Waals surface area contributed by atoms with Gasteiger partial charge in [-0.15, -0.1) is 0 Å². The number of nitrogens with zero attached hydrogens (tertiary/aromatic N) is 3. The molecule has 2 saturated heterocycles. The molecule has 10 nitrogen and oxygen atoms in total. The minimum Gasteiger partial charge on any atom is -0.619 e. The van der Waals surface area contributed by atoms with E-state index in [2.05, 4.69) is 5.32 Å². The quantitative estimate of drug-likeness (QED) is 0.353. The second-order valence-corrected chi connectivity index (χ2v) is 12.4. The van der Waals surface area contributed by atoms with Crippen LogP contribution < -0.4 is 10.0 Å². The number of fused-ring (bicyclic) bond motifs is 2. The fourth-order valence-corrected chi connectivity index (χ4v) is 7.16. The van der Waals surface area contributed by atoms with Crippen molar-refractivity contribution in [3.05, 3.63) is 77.8 Å². The molecule has 3 atom stereocenters. The van der Waals surface area contributed by atoms with Crippen molar-refractivity contribution in [3.8, 4) is 0 Å². The predicted molar refractivity (Wildman–Crippen MR) is 143 cm³/mol. The van der Waals surface area contributed by atoms with E-state index in [1.807, 2.05) is 44.2 Å². The van der Waals surface area contributed by atoms with Crippen LogP contribution in [0.2, 0.25) is 0 Å². The van der Waals surface area contributed by atoms with Crippen molar-refractivity contribution < 1.29 is 27.5 Å². The number of ketones is 1. The highest BCUT2D eigenvalue weighted by Gasteiger charge is 2.54. The number of aromatic nitrogens is 1. The first-order chi connectivity index (χ1) is 18.6. The fourth-order valence-electron chi connectivity index (χ4n) is 5.53. The number of amides is 2. The van der Waals surface area contributed by atoms with Crippen LogP contribution in [0, 0.1) is 11.1 Å². The monoisotopic (exact) mass is 550 g/mol. The van der Waals surface area contributed by atoms with Gasteiger partial charge in [0.05, 0.1) is 12.6 Å². The van der Waals surface area contributed by atoms with Gasteiger partial charge in [0.1, 0.15) is 17.0 Å². The molecular formula is C28H30N4O6S. The summed E-state index contributed by atoms with van der Waals surface area (Å²) in [7, 11) is -4.13. The van der Waals surface area contributed by atoms with E-state index in [-0.39, 0.29) is 36.1 Å². The van der Waals surface area contributed by atoms with Crippen LogP contribution >= 0.6 is 0 Å². The average molecular weight is 551 g/mol. The smallest absolute Gasteiger partial charge is 0.251 e. The molecule has 0 saturated carbocycles. The number of Topliss-reactive ketones (excluding diaryl/α,β-unsaturated/α-hetero) is 1. The first-order valence-corrected chi connectivity index (χ1v) is 14.3. The number of hydrogen-bond donors (Lipinski definition) is 1. The molecule has 39 heavy (non-hydrogen) atoms. The van der Waals surface area contributed by atoms with Gasteiger partial charge in [0.25, 0.3) is 5.91 Å². The maximum absolute atomic E-state index is 13.8. The van der Waals surface area contributed by atoms with Crippen molar-refractivity contribution in [2.24, 2.45) is 5.92 Å². The number of nitrogens with one attached hydrogen (secondary N) is 1. The predicted octanol–water partition coefficient (Wildman–Crippen LogP) is 1.86. The van der Waals surface area contributed by atoms with Crippen molar-refractivity contribution in [2.45, 2.75) is 49.7 Å². The molecule has 11 heteroatoms. The molecule has 3 unspecified atom stereocenters. The summed E-state index contributed by atoms with van der Waals surface area (Å²) in [4.78, 5) is 41.2. The van der Waals surface area contributed by atoms with Crippen molar-refractivity contribution in [1.82, 2.24) is 14.5 Å². The number of benzene rings is 2. The largest absolute Gasteiger partial charge is 0.619 e. The van der Waals surface area contributed by atoms with Gasteiger partial charge in [-0.3, -0.25) is 14.4 Å². The van der Waals surface area contributed by atoms with Crippen LogP contribution in [-0.2, 0) is 19.6 Å². The molecule has 3 aromatic rings. The van der Waals surface area contributed by atoms with E-state index in [1.165, 1.54) is 23.2 Å². The summed E-state index contributed by atoms with van der Waals surface area (Å²) in [6.45, 7) is 3.68. The van der Waals surface area contributed by atoms with Gasteiger partial charge in [-0.25, -0.2) is 8.42 Å². The molecule has 2 fully saturated rings. The lowest BCUT2D eigenvalue weighted by atomic mass is 10.0. The molecule has 0 radical (unpaired) electrons. The number of sulfonamides is 1. The third-order valence-corrected chi connectivity index (χ3v) is 9.19. The third-order valence-electron chi connectivity index (χ3n) is 7.34. The lowest BCUT2D eigenvalue weighted by molar-refractivity contribution is -0.607. The lowest BCUT2D eigenvalue weighted by Crippen LogP contribution is -2.53. The van der Waals surface area contributed by atoms with Crippen molar-refractivity contribution >= 4 is 38.4 Å². The van der Waals surface area contributed by atoms with E-state index in [0.717, 1.165) is 21.3 Å². The van der Waals surface area contributed by atoms with E-state index >= 15 is 0 Å². The van der Waals surface area contributed by atoms with Gasteiger partial charge in [-0.2, -0.15) is 9.04 Å². The van der Waals surface area contributed by atoms with Crippen molar-refractivity contribution in [1.29, 1.82) is 0 Å². The SMILES string of the molecule is CC(C)CC(NC(=O)c1ccc2ccccc2c1)C(=O)N1CCC2C1C(=O)CN2S(=O)(=O)c1ccc[n+]([O-])c1. The molecule has 1 N–H and O–H groups in total. The van der Waals surface area contributed by atoms with Gasteiger partial charge >= 0.3 is 0 Å². The van der Waals surface area contributed by atoms with Crippen LogP contribution in [0.15, 0.2) is 71.9 Å². The highest BCUT2D eigenvalue weighted by Crippen LogP contribution is 2.34. The van der Waals surface area contributed by atoms with Gasteiger partial charge in [0, 0.05) is 18.2 Å². The second kappa shape index (κ2) is 10.4. The van der Waals surface area contributed by atoms with E-state index in [1.54, 1.807) is 12.1 Å². The number of rotatable bonds is 7. The van der Waals surface area contributed by atoms with Crippen molar-refractivity contribution in [2.75, 3.05) is 13.1 Å². The molecule has 1 aromatic heterocycles. The first kappa shape index (κ1) is 26.8. The maximum Gasteiger partial charge on any atom is 0.251 e. The standard InChI is InChI=1S/C28H30N4O6S/c1-18(2)14-23(29-27(34)21-10-9-19-6-3-4-7-20(19)15-21)28(35)31-13-11-24-26(31)25(33)17-32(24)39(37,38)22-8-5-12-30(36)16-22/h3-10,12,15-16,18,23-24,26H,11,13-14,17H2,1-2H3,(H,29,34). The topological polar surface area (TPSA) is 131 Å². The first-order valence-electron chi connectivity index (χ1n) is 12.9. The molecule has 0 bridgehead atoms. The summed E-state index contributed by atoms with van der Waals surface area (Å²) in [5, 5.41) is 16.4. The maximum atomic E-state index is 13.8. The molecule has 3 heterocycles. The van der Waals surface area contributed by atoms with Gasteiger partial charge in [0.15, 0.2) is 18.2 Å². The summed E-state index contributed by atoms with van der Waals surface area (Å²) >= 11 is 0. The van der Waals surface area contributed by atoms with Crippen LogP contribution in [0.25, 0.3) is 10.8 Å². The number of hydrogen-bond acceptors (Lipinski definition) is 6. The molecule has 2 amide bonds. The Labute approximate surface area is 226 Å².